The molecule has 3 nitrogen and oxygen atoms in total. The summed E-state index contributed by atoms with van der Waals surface area (Å²) < 4.78 is 0. The van der Waals surface area contributed by atoms with E-state index in [1.54, 1.807) is 12.4 Å². The van der Waals surface area contributed by atoms with Gasteiger partial charge in [-0.1, -0.05) is 6.92 Å². The first-order valence-electron chi connectivity index (χ1n) is 3.06. The molecule has 0 saturated heterocycles. The smallest absolute Gasteiger partial charge is 0.116 e. The first-order valence-corrected chi connectivity index (χ1v) is 3.06. The van der Waals surface area contributed by atoms with E-state index >= 15 is 0 Å². The summed E-state index contributed by atoms with van der Waals surface area (Å²) in [4.78, 5) is 6.56. The molecule has 0 aliphatic heterocycles. The van der Waals surface area contributed by atoms with Crippen molar-refractivity contribution in [1.82, 2.24) is 9.94 Å². The van der Waals surface area contributed by atoms with Gasteiger partial charge in [-0.05, 0) is 12.5 Å². The minimum Gasteiger partial charge on any atom is -0.397 e. The molecular formula is C6H10N2O. The molecule has 0 radical (unpaired) electrons. The standard InChI is InChI=1S/C6H10N2O/c1-2-6-9-8-5-3-4-7-8/h3-5H,2,6H2,1H3. The van der Waals surface area contributed by atoms with Crippen LogP contribution in [0.25, 0.3) is 0 Å². The first kappa shape index (κ1) is 6.13. The molecule has 0 spiro atoms. The molecule has 0 saturated carbocycles. The molecule has 1 rings (SSSR count). The molecule has 1 heterocycles. The fraction of sp³-hybridized carbons (Fsp3) is 0.500. The van der Waals surface area contributed by atoms with E-state index in [2.05, 4.69) is 12.0 Å². The quantitative estimate of drug-likeness (QED) is 0.596. The second-order valence-electron chi connectivity index (χ2n) is 1.74. The molecule has 0 amide bonds. The third kappa shape index (κ3) is 1.76. The van der Waals surface area contributed by atoms with Crippen LogP contribution in [0.1, 0.15) is 13.3 Å². The number of hydrogen-bond acceptors (Lipinski definition) is 2. The van der Waals surface area contributed by atoms with E-state index < -0.39 is 0 Å². The van der Waals surface area contributed by atoms with Gasteiger partial charge < -0.3 is 4.84 Å². The average Bonchev–Trinajstić information content (AvgIpc) is 2.34. The van der Waals surface area contributed by atoms with Gasteiger partial charge in [0, 0.05) is 0 Å². The summed E-state index contributed by atoms with van der Waals surface area (Å²) in [5.74, 6) is 0. The van der Waals surface area contributed by atoms with Gasteiger partial charge >= 0.3 is 0 Å². The summed E-state index contributed by atoms with van der Waals surface area (Å²) in [6.07, 6.45) is 4.48. The van der Waals surface area contributed by atoms with Gasteiger partial charge in [0.2, 0.25) is 0 Å². The van der Waals surface area contributed by atoms with Crippen molar-refractivity contribution in [2.75, 3.05) is 6.61 Å². The summed E-state index contributed by atoms with van der Waals surface area (Å²) in [5.41, 5.74) is 0. The summed E-state index contributed by atoms with van der Waals surface area (Å²) >= 11 is 0. The zero-order chi connectivity index (χ0) is 6.53. The Morgan fingerprint density at radius 3 is 3.11 bits per heavy atom. The minimum atomic E-state index is 0.724. The fourth-order valence-corrected chi connectivity index (χ4v) is 0.516. The number of rotatable bonds is 3. The Morgan fingerprint density at radius 1 is 1.67 bits per heavy atom. The normalized spacial score (nSPS) is 9.44. The molecule has 0 aliphatic carbocycles. The molecule has 1 aromatic heterocycles. The summed E-state index contributed by atoms with van der Waals surface area (Å²) in [6.45, 7) is 2.78. The fourth-order valence-electron chi connectivity index (χ4n) is 0.516. The van der Waals surface area contributed by atoms with Crippen LogP contribution in [0, 0.1) is 0 Å². The van der Waals surface area contributed by atoms with Gasteiger partial charge in [-0.15, -0.1) is 9.94 Å². The van der Waals surface area contributed by atoms with Crippen LogP contribution < -0.4 is 4.84 Å². The highest BCUT2D eigenvalue weighted by Crippen LogP contribution is 1.80. The van der Waals surface area contributed by atoms with Crippen LogP contribution in [0.2, 0.25) is 0 Å². The maximum Gasteiger partial charge on any atom is 0.116 e. The second-order valence-corrected chi connectivity index (χ2v) is 1.74. The van der Waals surface area contributed by atoms with Crippen LogP contribution in [0.15, 0.2) is 18.5 Å². The predicted octanol–water partition coefficient (Wildman–Crippen LogP) is 0.722. The summed E-state index contributed by atoms with van der Waals surface area (Å²) in [6, 6.07) is 1.83. The predicted molar refractivity (Wildman–Crippen MR) is 34.0 cm³/mol. The Morgan fingerprint density at radius 2 is 2.56 bits per heavy atom. The van der Waals surface area contributed by atoms with Crippen molar-refractivity contribution in [1.29, 1.82) is 0 Å². The molecule has 0 aromatic carbocycles. The molecule has 0 fully saturated rings. The van der Waals surface area contributed by atoms with Gasteiger partial charge in [0.15, 0.2) is 0 Å². The van der Waals surface area contributed by atoms with Gasteiger partial charge in [0.1, 0.15) is 6.61 Å². The number of nitrogens with zero attached hydrogens (tertiary/aromatic N) is 2. The Hall–Kier alpha value is -0.990. The number of hydrogen-bond donors (Lipinski definition) is 0. The van der Waals surface area contributed by atoms with Crippen molar-refractivity contribution in [3.05, 3.63) is 18.5 Å². The van der Waals surface area contributed by atoms with Crippen LogP contribution in [0.3, 0.4) is 0 Å². The lowest BCUT2D eigenvalue weighted by Gasteiger charge is -2.00. The number of aromatic nitrogens is 2. The highest BCUT2D eigenvalue weighted by Gasteiger charge is 1.84. The van der Waals surface area contributed by atoms with E-state index in [0.717, 1.165) is 13.0 Å². The van der Waals surface area contributed by atoms with Crippen LogP contribution >= 0.6 is 0 Å². The Balaban J connectivity index is 2.30. The van der Waals surface area contributed by atoms with E-state index in [1.807, 2.05) is 6.07 Å². The van der Waals surface area contributed by atoms with Gasteiger partial charge in [-0.3, -0.25) is 0 Å². The van der Waals surface area contributed by atoms with Gasteiger partial charge in [0.25, 0.3) is 0 Å². The minimum absolute atomic E-state index is 0.724. The molecule has 50 valence electrons. The highest BCUT2D eigenvalue weighted by atomic mass is 16.7. The van der Waals surface area contributed by atoms with Crippen molar-refractivity contribution in [2.24, 2.45) is 0 Å². The molecule has 0 unspecified atom stereocenters. The van der Waals surface area contributed by atoms with Crippen molar-refractivity contribution in [2.45, 2.75) is 13.3 Å². The first-order chi connectivity index (χ1) is 4.43. The van der Waals surface area contributed by atoms with Gasteiger partial charge in [-0.25, -0.2) is 0 Å². The van der Waals surface area contributed by atoms with Crippen LogP contribution in [-0.2, 0) is 0 Å². The topological polar surface area (TPSA) is 27.1 Å². The zero-order valence-corrected chi connectivity index (χ0v) is 5.45. The third-order valence-electron chi connectivity index (χ3n) is 0.908. The van der Waals surface area contributed by atoms with Crippen LogP contribution in [-0.4, -0.2) is 16.6 Å². The lowest BCUT2D eigenvalue weighted by Crippen LogP contribution is -2.11. The summed E-state index contributed by atoms with van der Waals surface area (Å²) in [5, 5.41) is 3.85. The molecule has 1 aromatic rings. The van der Waals surface area contributed by atoms with Crippen LogP contribution in [0.5, 0.6) is 0 Å². The Kier molecular flexibility index (Phi) is 2.13. The average molecular weight is 126 g/mol. The van der Waals surface area contributed by atoms with Crippen molar-refractivity contribution in [3.8, 4) is 0 Å². The Bertz CT molecular complexity index is 148. The molecular weight excluding hydrogens is 116 g/mol. The molecule has 9 heavy (non-hydrogen) atoms. The van der Waals surface area contributed by atoms with Crippen molar-refractivity contribution < 1.29 is 4.84 Å². The van der Waals surface area contributed by atoms with E-state index in [1.165, 1.54) is 4.85 Å². The zero-order valence-electron chi connectivity index (χ0n) is 5.45. The molecule has 3 heteroatoms. The van der Waals surface area contributed by atoms with E-state index in [-0.39, 0.29) is 0 Å². The van der Waals surface area contributed by atoms with E-state index in [9.17, 15) is 0 Å². The van der Waals surface area contributed by atoms with Crippen molar-refractivity contribution >= 4 is 0 Å². The van der Waals surface area contributed by atoms with E-state index in [0.29, 0.717) is 0 Å². The van der Waals surface area contributed by atoms with E-state index in [4.69, 9.17) is 4.84 Å². The SMILES string of the molecule is CCCOn1cccn1. The molecule has 0 N–H and O–H groups in total. The monoisotopic (exact) mass is 126 g/mol. The van der Waals surface area contributed by atoms with Gasteiger partial charge in [0.05, 0.1) is 12.4 Å². The maximum absolute atomic E-state index is 5.10. The molecule has 0 bridgehead atoms. The molecule has 0 atom stereocenters. The summed E-state index contributed by atoms with van der Waals surface area (Å²) in [7, 11) is 0. The van der Waals surface area contributed by atoms with Gasteiger partial charge in [-0.2, -0.15) is 0 Å². The third-order valence-corrected chi connectivity index (χ3v) is 0.908. The molecule has 0 aliphatic rings. The van der Waals surface area contributed by atoms with Crippen LogP contribution in [0.4, 0.5) is 0 Å². The Labute approximate surface area is 54.2 Å². The lowest BCUT2D eigenvalue weighted by atomic mass is 10.5. The highest BCUT2D eigenvalue weighted by molar-refractivity contribution is 4.74. The van der Waals surface area contributed by atoms with Crippen molar-refractivity contribution in [3.63, 3.8) is 0 Å². The maximum atomic E-state index is 5.10. The largest absolute Gasteiger partial charge is 0.397 e. The lowest BCUT2D eigenvalue weighted by molar-refractivity contribution is 0.0828. The second kappa shape index (κ2) is 3.12.